The first-order valence-corrected chi connectivity index (χ1v) is 6.20. The molecule has 0 aliphatic heterocycles. The summed E-state index contributed by atoms with van der Waals surface area (Å²) in [5.74, 6) is 0. The Morgan fingerprint density at radius 1 is 1.50 bits per heavy atom. The number of aromatic nitrogens is 1. The van der Waals surface area contributed by atoms with E-state index in [-0.39, 0.29) is 0 Å². The van der Waals surface area contributed by atoms with Crippen molar-refractivity contribution in [1.29, 1.82) is 0 Å². The number of hydrogen-bond acceptors (Lipinski definition) is 3. The lowest BCUT2D eigenvalue weighted by atomic mass is 10.3. The Morgan fingerprint density at radius 3 is 2.94 bits per heavy atom. The molecule has 0 unspecified atom stereocenters. The molecule has 0 bridgehead atoms. The fourth-order valence-electron chi connectivity index (χ4n) is 1.45. The van der Waals surface area contributed by atoms with Gasteiger partial charge in [0.05, 0.1) is 16.8 Å². The van der Waals surface area contributed by atoms with Crippen LogP contribution in [0.2, 0.25) is 0 Å². The number of para-hydroxylation sites is 1. The largest absolute Gasteiger partial charge is 0.366 e. The van der Waals surface area contributed by atoms with Crippen LogP contribution in [0.15, 0.2) is 24.3 Å². The normalized spacial score (nSPS) is 10.4. The van der Waals surface area contributed by atoms with Crippen LogP contribution in [0.1, 0.15) is 5.01 Å². The van der Waals surface area contributed by atoms with Crippen LogP contribution < -0.4 is 5.32 Å². The van der Waals surface area contributed by atoms with Crippen molar-refractivity contribution in [2.45, 2.75) is 6.54 Å². The third kappa shape index (κ3) is 2.31. The van der Waals surface area contributed by atoms with Gasteiger partial charge in [-0.25, -0.2) is 4.98 Å². The van der Waals surface area contributed by atoms with E-state index in [0.29, 0.717) is 0 Å². The molecule has 3 nitrogen and oxygen atoms in total. The molecule has 2 rings (SSSR count). The summed E-state index contributed by atoms with van der Waals surface area (Å²) in [6, 6.07) is 8.17. The van der Waals surface area contributed by atoms with Gasteiger partial charge in [-0.2, -0.15) is 0 Å². The lowest BCUT2D eigenvalue weighted by Crippen LogP contribution is -2.33. The van der Waals surface area contributed by atoms with Crippen molar-refractivity contribution in [3.8, 4) is 0 Å². The highest BCUT2D eigenvalue weighted by atomic mass is 32.1. The fourth-order valence-corrected chi connectivity index (χ4v) is 2.54. The second-order valence-electron chi connectivity index (χ2n) is 3.49. The van der Waals surface area contributed by atoms with Crippen molar-refractivity contribution in [3.05, 3.63) is 29.3 Å². The molecule has 0 fully saturated rings. The Kier molecular flexibility index (Phi) is 3.36. The minimum Gasteiger partial charge on any atom is -0.366 e. The van der Waals surface area contributed by atoms with Gasteiger partial charge in [0.1, 0.15) is 5.01 Å². The molecule has 0 spiro atoms. The van der Waals surface area contributed by atoms with Crippen molar-refractivity contribution in [2.75, 3.05) is 14.1 Å². The predicted molar refractivity (Wildman–Crippen MR) is 72.7 cm³/mol. The Hall–Kier alpha value is -1.20. The smallest absolute Gasteiger partial charge is 0.168 e. The van der Waals surface area contributed by atoms with E-state index in [9.17, 15) is 0 Å². The number of hydrogen-bond donors (Lipinski definition) is 1. The van der Waals surface area contributed by atoms with Gasteiger partial charge >= 0.3 is 0 Å². The highest BCUT2D eigenvalue weighted by molar-refractivity contribution is 7.80. The number of nitrogens with zero attached hydrogens (tertiary/aromatic N) is 2. The van der Waals surface area contributed by atoms with E-state index in [1.54, 1.807) is 11.3 Å². The number of nitrogens with one attached hydrogen (secondary N) is 1. The first kappa shape index (κ1) is 11.3. The van der Waals surface area contributed by atoms with Gasteiger partial charge in [0, 0.05) is 14.1 Å². The van der Waals surface area contributed by atoms with Crippen LogP contribution in [0.25, 0.3) is 10.2 Å². The topological polar surface area (TPSA) is 28.2 Å². The summed E-state index contributed by atoms with van der Waals surface area (Å²) in [7, 11) is 3.79. The van der Waals surface area contributed by atoms with E-state index in [0.717, 1.165) is 22.2 Å². The molecule has 84 valence electrons. The maximum absolute atomic E-state index is 5.15. The molecular formula is C11H13N3S2. The fraction of sp³-hybridized carbons (Fsp3) is 0.273. The zero-order chi connectivity index (χ0) is 11.5. The Morgan fingerprint density at radius 2 is 2.25 bits per heavy atom. The Bertz CT molecular complexity index is 474. The zero-order valence-corrected chi connectivity index (χ0v) is 10.9. The van der Waals surface area contributed by atoms with Crippen molar-refractivity contribution in [2.24, 2.45) is 0 Å². The van der Waals surface area contributed by atoms with Crippen LogP contribution in [-0.4, -0.2) is 29.1 Å². The zero-order valence-electron chi connectivity index (χ0n) is 9.23. The maximum Gasteiger partial charge on any atom is 0.168 e. The first-order valence-electron chi connectivity index (χ1n) is 4.98. The number of thiocarbonyl (C=S) groups is 1. The molecule has 0 aliphatic rings. The minimum absolute atomic E-state index is 0.735. The molecule has 16 heavy (non-hydrogen) atoms. The highest BCUT2D eigenvalue weighted by Crippen LogP contribution is 2.22. The summed E-state index contributed by atoms with van der Waals surface area (Å²) >= 11 is 6.86. The predicted octanol–water partition coefficient (Wildman–Crippen LogP) is 2.23. The van der Waals surface area contributed by atoms with Gasteiger partial charge in [-0.1, -0.05) is 12.1 Å². The van der Waals surface area contributed by atoms with Crippen LogP contribution in [0.5, 0.6) is 0 Å². The van der Waals surface area contributed by atoms with Gasteiger partial charge < -0.3 is 10.2 Å². The van der Waals surface area contributed by atoms with E-state index in [1.165, 1.54) is 4.70 Å². The van der Waals surface area contributed by atoms with Crippen LogP contribution >= 0.6 is 23.6 Å². The van der Waals surface area contributed by atoms with Crippen LogP contribution in [0, 0.1) is 0 Å². The molecule has 5 heteroatoms. The highest BCUT2D eigenvalue weighted by Gasteiger charge is 2.07. The van der Waals surface area contributed by atoms with Gasteiger partial charge in [0.25, 0.3) is 0 Å². The number of benzene rings is 1. The molecular weight excluding hydrogens is 238 g/mol. The lowest BCUT2D eigenvalue weighted by molar-refractivity contribution is 0.494. The Labute approximate surface area is 104 Å². The van der Waals surface area contributed by atoms with Gasteiger partial charge in [0.15, 0.2) is 5.11 Å². The molecule has 0 aliphatic carbocycles. The van der Waals surface area contributed by atoms with E-state index in [1.807, 2.05) is 37.2 Å². The summed E-state index contributed by atoms with van der Waals surface area (Å²) < 4.78 is 1.22. The molecule has 0 amide bonds. The first-order chi connectivity index (χ1) is 7.70. The van der Waals surface area contributed by atoms with Crippen LogP contribution in [-0.2, 0) is 6.54 Å². The van der Waals surface area contributed by atoms with Gasteiger partial charge in [-0.3, -0.25) is 0 Å². The average Bonchev–Trinajstić information content (AvgIpc) is 2.69. The quantitative estimate of drug-likeness (QED) is 0.829. The van der Waals surface area contributed by atoms with E-state index in [4.69, 9.17) is 12.2 Å². The molecule has 1 N–H and O–H groups in total. The van der Waals surface area contributed by atoms with Crippen LogP contribution in [0.4, 0.5) is 0 Å². The van der Waals surface area contributed by atoms with Gasteiger partial charge in [0.2, 0.25) is 0 Å². The maximum atomic E-state index is 5.15. The monoisotopic (exact) mass is 251 g/mol. The summed E-state index contributed by atoms with van der Waals surface area (Å²) in [5.41, 5.74) is 1.06. The molecule has 2 aromatic rings. The van der Waals surface area contributed by atoms with Gasteiger partial charge in [-0.15, -0.1) is 11.3 Å². The second kappa shape index (κ2) is 4.76. The minimum atomic E-state index is 0.735. The summed E-state index contributed by atoms with van der Waals surface area (Å²) in [6.07, 6.45) is 0. The van der Waals surface area contributed by atoms with Crippen molar-refractivity contribution in [1.82, 2.24) is 15.2 Å². The van der Waals surface area contributed by atoms with Crippen LogP contribution in [0.3, 0.4) is 0 Å². The molecule has 0 saturated carbocycles. The standard InChI is InChI=1S/C11H13N3S2/c1-12-11(15)14(2)7-10-13-8-5-3-4-6-9(8)16-10/h3-6H,7H2,1-2H3,(H,12,15). The van der Waals surface area contributed by atoms with Crippen molar-refractivity contribution in [3.63, 3.8) is 0 Å². The number of fused-ring (bicyclic) bond motifs is 1. The third-order valence-corrected chi connectivity index (χ3v) is 3.81. The number of rotatable bonds is 2. The summed E-state index contributed by atoms with van der Waals surface area (Å²) in [5, 5.41) is 4.77. The Balaban J connectivity index is 2.18. The van der Waals surface area contributed by atoms with E-state index >= 15 is 0 Å². The van der Waals surface area contributed by atoms with Crippen molar-refractivity contribution >= 4 is 38.9 Å². The number of thiazole rings is 1. The molecule has 1 heterocycles. The average molecular weight is 251 g/mol. The second-order valence-corrected chi connectivity index (χ2v) is 4.99. The lowest BCUT2D eigenvalue weighted by Gasteiger charge is -2.17. The third-order valence-electron chi connectivity index (χ3n) is 2.27. The molecule has 0 saturated heterocycles. The molecule has 1 aromatic heterocycles. The molecule has 0 radical (unpaired) electrons. The van der Waals surface area contributed by atoms with E-state index in [2.05, 4.69) is 16.4 Å². The van der Waals surface area contributed by atoms with Crippen molar-refractivity contribution < 1.29 is 0 Å². The molecule has 1 aromatic carbocycles. The molecule has 0 atom stereocenters. The summed E-state index contributed by atoms with van der Waals surface area (Å²) in [6.45, 7) is 0.749. The SMILES string of the molecule is CNC(=S)N(C)Cc1nc2ccccc2s1. The van der Waals surface area contributed by atoms with Gasteiger partial charge in [-0.05, 0) is 24.4 Å². The summed E-state index contributed by atoms with van der Waals surface area (Å²) in [4.78, 5) is 6.54. The van der Waals surface area contributed by atoms with E-state index < -0.39 is 0 Å².